The van der Waals surface area contributed by atoms with Crippen LogP contribution in [0.5, 0.6) is 5.75 Å². The molecule has 11 heteroatoms. The lowest BCUT2D eigenvalue weighted by Crippen LogP contribution is -2.20. The third kappa shape index (κ3) is 4.25. The molecular weight excluding hydrogens is 398 g/mol. The summed E-state index contributed by atoms with van der Waals surface area (Å²) < 4.78 is 8.61. The first-order valence-corrected chi connectivity index (χ1v) is 9.70. The number of hydrogen-bond acceptors (Lipinski definition) is 8. The number of hydrogen-bond donors (Lipinski definition) is 3. The smallest absolute Gasteiger partial charge is 0.245 e. The van der Waals surface area contributed by atoms with E-state index in [0.29, 0.717) is 35.1 Å². The van der Waals surface area contributed by atoms with Crippen molar-refractivity contribution in [3.63, 3.8) is 0 Å². The van der Waals surface area contributed by atoms with Crippen LogP contribution in [0.2, 0.25) is 0 Å². The zero-order chi connectivity index (χ0) is 22.0. The van der Waals surface area contributed by atoms with Gasteiger partial charge in [-0.05, 0) is 26.0 Å². The van der Waals surface area contributed by atoms with E-state index in [2.05, 4.69) is 30.7 Å². The largest absolute Gasteiger partial charge is 0.497 e. The Morgan fingerprint density at radius 2 is 2.10 bits per heavy atom. The number of anilines is 4. The maximum Gasteiger partial charge on any atom is 0.245 e. The number of methoxy groups -OCH3 is 1. The molecule has 0 radical (unpaired) electrons. The van der Waals surface area contributed by atoms with E-state index in [1.54, 1.807) is 16.4 Å². The van der Waals surface area contributed by atoms with Crippen molar-refractivity contribution < 1.29 is 9.53 Å². The summed E-state index contributed by atoms with van der Waals surface area (Å²) in [6.45, 7) is 4.50. The fourth-order valence-electron chi connectivity index (χ4n) is 3.23. The Bertz CT molecular complexity index is 1240. The summed E-state index contributed by atoms with van der Waals surface area (Å²) in [6.07, 6.45) is 1.54. The van der Waals surface area contributed by atoms with E-state index >= 15 is 0 Å². The van der Waals surface area contributed by atoms with Gasteiger partial charge >= 0.3 is 0 Å². The van der Waals surface area contributed by atoms with Gasteiger partial charge in [-0.2, -0.15) is 15.1 Å². The molecule has 0 bridgehead atoms. The molecule has 0 spiro atoms. The third-order valence-electron chi connectivity index (χ3n) is 4.60. The summed E-state index contributed by atoms with van der Waals surface area (Å²) in [6, 6.07) is 9.22. The highest BCUT2D eigenvalue weighted by Crippen LogP contribution is 2.25. The van der Waals surface area contributed by atoms with E-state index in [1.165, 1.54) is 6.33 Å². The maximum atomic E-state index is 12.6. The number of benzene rings is 1. The molecule has 4 N–H and O–H groups in total. The van der Waals surface area contributed by atoms with Gasteiger partial charge in [0.2, 0.25) is 11.9 Å². The van der Waals surface area contributed by atoms with Gasteiger partial charge in [-0.1, -0.05) is 6.07 Å². The van der Waals surface area contributed by atoms with Crippen LogP contribution in [0.1, 0.15) is 12.6 Å². The second kappa shape index (κ2) is 8.30. The minimum Gasteiger partial charge on any atom is -0.497 e. The van der Waals surface area contributed by atoms with E-state index < -0.39 is 0 Å². The molecule has 0 aliphatic heterocycles. The zero-order valence-corrected chi connectivity index (χ0v) is 17.5. The van der Waals surface area contributed by atoms with Gasteiger partial charge in [0, 0.05) is 24.4 Å². The number of amides is 1. The summed E-state index contributed by atoms with van der Waals surface area (Å²) >= 11 is 0. The first kappa shape index (κ1) is 20.1. The zero-order valence-electron chi connectivity index (χ0n) is 17.5. The molecule has 1 amide bonds. The Labute approximate surface area is 178 Å². The van der Waals surface area contributed by atoms with Crippen molar-refractivity contribution in [1.82, 2.24) is 29.3 Å². The Balaban J connectivity index is 1.59. The van der Waals surface area contributed by atoms with E-state index in [4.69, 9.17) is 10.5 Å². The fourth-order valence-corrected chi connectivity index (χ4v) is 3.23. The minimum atomic E-state index is -0.228. The van der Waals surface area contributed by atoms with Gasteiger partial charge in [0.25, 0.3) is 0 Å². The van der Waals surface area contributed by atoms with Crippen LogP contribution < -0.4 is 21.1 Å². The molecule has 0 aliphatic rings. The number of carbonyl (C=O) groups is 1. The number of aromatic nitrogens is 6. The Hall–Kier alpha value is -4.15. The van der Waals surface area contributed by atoms with Crippen LogP contribution in [0.4, 0.5) is 23.3 Å². The lowest BCUT2D eigenvalue weighted by atomic mass is 10.3. The predicted molar refractivity (Wildman–Crippen MR) is 117 cm³/mol. The SMILES string of the molecule is CCn1nc(C)cc1NC(=O)Cn1cnc2c(Nc3cccc(OC)c3)nc(N)nc21. The Morgan fingerprint density at radius 3 is 2.87 bits per heavy atom. The van der Waals surface area contributed by atoms with Crippen LogP contribution in [0.3, 0.4) is 0 Å². The van der Waals surface area contributed by atoms with Crippen molar-refractivity contribution in [2.45, 2.75) is 26.9 Å². The second-order valence-electron chi connectivity index (χ2n) is 6.87. The van der Waals surface area contributed by atoms with Gasteiger partial charge in [-0.25, -0.2) is 9.67 Å². The van der Waals surface area contributed by atoms with Crippen molar-refractivity contribution in [2.24, 2.45) is 0 Å². The monoisotopic (exact) mass is 421 g/mol. The van der Waals surface area contributed by atoms with Crippen LogP contribution in [0.25, 0.3) is 11.2 Å². The van der Waals surface area contributed by atoms with Crippen LogP contribution in [-0.2, 0) is 17.9 Å². The molecule has 0 aliphatic carbocycles. The van der Waals surface area contributed by atoms with Gasteiger partial charge < -0.3 is 25.7 Å². The quantitative estimate of drug-likeness (QED) is 0.413. The molecule has 0 unspecified atom stereocenters. The normalized spacial score (nSPS) is 10.9. The van der Waals surface area contributed by atoms with Crippen molar-refractivity contribution in [3.8, 4) is 5.75 Å². The van der Waals surface area contributed by atoms with Gasteiger partial charge in [0.05, 0.1) is 19.1 Å². The molecule has 11 nitrogen and oxygen atoms in total. The molecule has 4 rings (SSSR count). The molecular formula is C20H23N9O2. The average molecular weight is 421 g/mol. The molecule has 0 atom stereocenters. The third-order valence-corrected chi connectivity index (χ3v) is 4.60. The fraction of sp³-hybridized carbons (Fsp3) is 0.250. The topological polar surface area (TPSA) is 138 Å². The van der Waals surface area contributed by atoms with Crippen molar-refractivity contribution >= 4 is 40.3 Å². The van der Waals surface area contributed by atoms with E-state index in [1.807, 2.05) is 44.2 Å². The van der Waals surface area contributed by atoms with Crippen molar-refractivity contribution in [3.05, 3.63) is 42.4 Å². The lowest BCUT2D eigenvalue weighted by Gasteiger charge is -2.10. The number of nitrogens with zero attached hydrogens (tertiary/aromatic N) is 6. The highest BCUT2D eigenvalue weighted by atomic mass is 16.5. The number of carbonyl (C=O) groups excluding carboxylic acids is 1. The van der Waals surface area contributed by atoms with Crippen LogP contribution >= 0.6 is 0 Å². The minimum absolute atomic E-state index is 0.0134. The van der Waals surface area contributed by atoms with E-state index in [9.17, 15) is 4.79 Å². The standard InChI is InChI=1S/C20H23N9O2/c1-4-29-15(8-12(2)27-29)24-16(30)10-28-11-22-17-18(25-20(21)26-19(17)28)23-13-6-5-7-14(9-13)31-3/h5-9,11H,4,10H2,1-3H3,(H,24,30)(H3,21,23,25,26). The predicted octanol–water partition coefficient (Wildman–Crippen LogP) is 2.32. The molecule has 0 saturated carbocycles. The van der Waals surface area contributed by atoms with Gasteiger partial charge in [-0.15, -0.1) is 0 Å². The molecule has 3 aromatic heterocycles. The molecule has 1 aromatic carbocycles. The molecule has 0 fully saturated rings. The molecule has 0 saturated heterocycles. The Kier molecular flexibility index (Phi) is 5.39. The number of fused-ring (bicyclic) bond motifs is 1. The van der Waals surface area contributed by atoms with Crippen LogP contribution in [-0.4, -0.2) is 42.3 Å². The van der Waals surface area contributed by atoms with Crippen LogP contribution in [0.15, 0.2) is 36.7 Å². The first-order chi connectivity index (χ1) is 15.0. The number of nitrogens with two attached hydrogens (primary N) is 1. The summed E-state index contributed by atoms with van der Waals surface area (Å²) in [5.41, 5.74) is 8.46. The average Bonchev–Trinajstić information content (AvgIpc) is 3.30. The van der Waals surface area contributed by atoms with Crippen molar-refractivity contribution in [2.75, 3.05) is 23.5 Å². The summed E-state index contributed by atoms with van der Waals surface area (Å²) in [7, 11) is 1.60. The highest BCUT2D eigenvalue weighted by molar-refractivity contribution is 5.92. The number of nitrogen functional groups attached to an aromatic ring is 1. The number of imidazole rings is 1. The van der Waals surface area contributed by atoms with E-state index in [0.717, 1.165) is 11.4 Å². The highest BCUT2D eigenvalue weighted by Gasteiger charge is 2.16. The van der Waals surface area contributed by atoms with Crippen molar-refractivity contribution in [1.29, 1.82) is 0 Å². The molecule has 160 valence electrons. The Morgan fingerprint density at radius 1 is 1.26 bits per heavy atom. The van der Waals surface area contributed by atoms with Crippen LogP contribution in [0, 0.1) is 6.92 Å². The molecule has 31 heavy (non-hydrogen) atoms. The van der Waals surface area contributed by atoms with Gasteiger partial charge in [0.15, 0.2) is 17.0 Å². The van der Waals surface area contributed by atoms with E-state index in [-0.39, 0.29) is 18.4 Å². The molecule has 4 aromatic rings. The summed E-state index contributed by atoms with van der Waals surface area (Å²) in [4.78, 5) is 25.6. The summed E-state index contributed by atoms with van der Waals surface area (Å²) in [5, 5.41) is 10.4. The maximum absolute atomic E-state index is 12.6. The number of aryl methyl sites for hydroxylation is 2. The molecule has 3 heterocycles. The number of rotatable bonds is 7. The van der Waals surface area contributed by atoms with Gasteiger partial charge in [0.1, 0.15) is 18.1 Å². The first-order valence-electron chi connectivity index (χ1n) is 9.70. The summed E-state index contributed by atoms with van der Waals surface area (Å²) in [5.74, 6) is 1.62. The lowest BCUT2D eigenvalue weighted by molar-refractivity contribution is -0.116. The second-order valence-corrected chi connectivity index (χ2v) is 6.87. The van der Waals surface area contributed by atoms with Gasteiger partial charge in [-0.3, -0.25) is 4.79 Å². The number of ether oxygens (including phenoxy) is 1. The number of nitrogens with one attached hydrogen (secondary N) is 2.